The Labute approximate surface area is 179 Å². The highest BCUT2D eigenvalue weighted by molar-refractivity contribution is 7.89. The molecule has 1 fully saturated rings. The molecule has 8 heteroatoms. The zero-order valence-electron chi connectivity index (χ0n) is 17.6. The molecule has 1 amide bonds. The van der Waals surface area contributed by atoms with E-state index in [1.807, 2.05) is 31.4 Å². The van der Waals surface area contributed by atoms with Gasteiger partial charge in [-0.25, -0.2) is 13.1 Å². The molecule has 0 unspecified atom stereocenters. The summed E-state index contributed by atoms with van der Waals surface area (Å²) in [6.07, 6.45) is 4.61. The van der Waals surface area contributed by atoms with Crippen LogP contribution in [0.25, 0.3) is 0 Å². The van der Waals surface area contributed by atoms with Crippen LogP contribution in [0.1, 0.15) is 35.8 Å². The molecule has 1 N–H and O–H groups in total. The number of nitrogens with one attached hydrogen (secondary N) is 1. The Morgan fingerprint density at radius 3 is 2.47 bits per heavy atom. The average Bonchev–Trinajstić information content (AvgIpc) is 2.78. The summed E-state index contributed by atoms with van der Waals surface area (Å²) < 4.78 is 26.6. The second-order valence-electron chi connectivity index (χ2n) is 7.59. The second-order valence-corrected chi connectivity index (χ2v) is 9.35. The van der Waals surface area contributed by atoms with Crippen molar-refractivity contribution in [3.63, 3.8) is 0 Å². The van der Waals surface area contributed by atoms with E-state index in [9.17, 15) is 13.2 Å². The molecule has 3 rings (SSSR count). The van der Waals surface area contributed by atoms with E-state index in [1.54, 1.807) is 24.0 Å². The van der Waals surface area contributed by atoms with Crippen molar-refractivity contribution in [1.82, 2.24) is 19.5 Å². The maximum absolute atomic E-state index is 12.9. The molecule has 0 saturated carbocycles. The Morgan fingerprint density at radius 1 is 1.17 bits per heavy atom. The molecular formula is C22H30N4O3S. The first-order chi connectivity index (χ1) is 14.4. The minimum Gasteiger partial charge on any atom is -0.339 e. The third kappa shape index (κ3) is 5.65. The van der Waals surface area contributed by atoms with Crippen molar-refractivity contribution in [3.8, 4) is 0 Å². The van der Waals surface area contributed by atoms with Gasteiger partial charge in [0.05, 0.1) is 4.90 Å². The average molecular weight is 431 g/mol. The largest absolute Gasteiger partial charge is 0.339 e. The van der Waals surface area contributed by atoms with Crippen LogP contribution in [0.5, 0.6) is 0 Å². The van der Waals surface area contributed by atoms with Gasteiger partial charge in [-0.1, -0.05) is 13.0 Å². The lowest BCUT2D eigenvalue weighted by atomic mass is 10.0. The molecule has 0 aliphatic carbocycles. The Kier molecular flexibility index (Phi) is 7.58. The summed E-state index contributed by atoms with van der Waals surface area (Å²) in [5, 5.41) is 0. The first kappa shape index (κ1) is 22.4. The van der Waals surface area contributed by atoms with Crippen LogP contribution in [0.2, 0.25) is 0 Å². The normalized spacial score (nSPS) is 15.8. The van der Waals surface area contributed by atoms with Crippen LogP contribution in [0.4, 0.5) is 0 Å². The van der Waals surface area contributed by atoms with Crippen LogP contribution in [-0.4, -0.2) is 68.4 Å². The summed E-state index contributed by atoms with van der Waals surface area (Å²) in [5.41, 5.74) is 1.61. The van der Waals surface area contributed by atoms with Crippen LogP contribution in [0.3, 0.4) is 0 Å². The van der Waals surface area contributed by atoms with Crippen LogP contribution in [0.15, 0.2) is 53.6 Å². The molecule has 2 heterocycles. The van der Waals surface area contributed by atoms with Gasteiger partial charge in [-0.05, 0) is 49.2 Å². The van der Waals surface area contributed by atoms with Crippen molar-refractivity contribution in [3.05, 3.63) is 59.9 Å². The fourth-order valence-corrected chi connectivity index (χ4v) is 4.81. The van der Waals surface area contributed by atoms with Crippen LogP contribution >= 0.6 is 0 Å². The summed E-state index contributed by atoms with van der Waals surface area (Å²) >= 11 is 0. The van der Waals surface area contributed by atoms with Gasteiger partial charge in [-0.15, -0.1) is 0 Å². The van der Waals surface area contributed by atoms with Crippen LogP contribution in [0, 0.1) is 0 Å². The zero-order chi connectivity index (χ0) is 21.6. The highest BCUT2D eigenvalue weighted by Gasteiger charge is 2.26. The van der Waals surface area contributed by atoms with Gasteiger partial charge < -0.3 is 9.80 Å². The van der Waals surface area contributed by atoms with Crippen LogP contribution in [-0.2, 0) is 16.4 Å². The quantitative estimate of drug-likeness (QED) is 0.694. The number of amides is 1. The van der Waals surface area contributed by atoms with Gasteiger partial charge in [0.1, 0.15) is 0 Å². The predicted octanol–water partition coefficient (Wildman–Crippen LogP) is 2.16. The SMILES string of the molecule is CCNS(=O)(=O)c1ccc(C(=O)N(C)C2CCN(CCc3ccccn3)CC2)cc1. The number of sulfonamides is 1. The molecule has 1 aromatic heterocycles. The lowest BCUT2D eigenvalue weighted by Crippen LogP contribution is -2.46. The van der Waals surface area contributed by atoms with E-state index in [-0.39, 0.29) is 16.8 Å². The van der Waals surface area contributed by atoms with Gasteiger partial charge in [0.25, 0.3) is 5.91 Å². The molecule has 0 bridgehead atoms. The molecule has 1 aliphatic rings. The van der Waals surface area contributed by atoms with E-state index in [0.29, 0.717) is 12.1 Å². The fraction of sp³-hybridized carbons (Fsp3) is 0.455. The topological polar surface area (TPSA) is 82.6 Å². The molecule has 7 nitrogen and oxygen atoms in total. The fourth-order valence-electron chi connectivity index (χ4n) is 3.77. The summed E-state index contributed by atoms with van der Waals surface area (Å²) in [5.74, 6) is -0.0747. The van der Waals surface area contributed by atoms with Crippen molar-refractivity contribution in [1.29, 1.82) is 0 Å². The number of hydrogen-bond donors (Lipinski definition) is 1. The Balaban J connectivity index is 1.52. The molecule has 0 radical (unpaired) electrons. The monoisotopic (exact) mass is 430 g/mol. The molecule has 30 heavy (non-hydrogen) atoms. The number of carbonyl (C=O) groups excluding carboxylic acids is 1. The number of rotatable bonds is 8. The Morgan fingerprint density at radius 2 is 1.87 bits per heavy atom. The lowest BCUT2D eigenvalue weighted by Gasteiger charge is -2.36. The van der Waals surface area contributed by atoms with Crippen molar-refractivity contribution in [2.45, 2.75) is 37.1 Å². The number of carbonyl (C=O) groups is 1. The predicted molar refractivity (Wildman–Crippen MR) is 117 cm³/mol. The number of likely N-dealkylation sites (tertiary alicyclic amines) is 1. The highest BCUT2D eigenvalue weighted by atomic mass is 32.2. The molecule has 162 valence electrons. The molecule has 1 aromatic carbocycles. The molecule has 0 spiro atoms. The van der Waals surface area contributed by atoms with Gasteiger partial charge in [0.15, 0.2) is 0 Å². The van der Waals surface area contributed by atoms with Crippen molar-refractivity contribution < 1.29 is 13.2 Å². The Bertz CT molecular complexity index is 925. The smallest absolute Gasteiger partial charge is 0.253 e. The van der Waals surface area contributed by atoms with E-state index in [1.165, 1.54) is 12.1 Å². The molecule has 0 atom stereocenters. The van der Waals surface area contributed by atoms with Gasteiger partial charge in [-0.3, -0.25) is 9.78 Å². The van der Waals surface area contributed by atoms with E-state index in [0.717, 1.165) is 44.6 Å². The second kappa shape index (κ2) is 10.1. The molecule has 2 aromatic rings. The number of piperidine rings is 1. The molecule has 1 saturated heterocycles. The van der Waals surface area contributed by atoms with Crippen LogP contribution < -0.4 is 4.72 Å². The number of nitrogens with zero attached hydrogens (tertiary/aromatic N) is 3. The summed E-state index contributed by atoms with van der Waals surface area (Å²) in [6.45, 7) is 4.94. The third-order valence-electron chi connectivity index (χ3n) is 5.58. The van der Waals surface area contributed by atoms with E-state index in [4.69, 9.17) is 0 Å². The standard InChI is InChI=1S/C22H30N4O3S/c1-3-24-30(28,29)21-9-7-18(8-10-21)22(27)25(2)20-12-16-26(17-13-20)15-11-19-6-4-5-14-23-19/h4-10,14,20,24H,3,11-13,15-17H2,1-2H3. The minimum absolute atomic E-state index is 0.0747. The van der Waals surface area contributed by atoms with Crippen molar-refractivity contribution in [2.75, 3.05) is 33.2 Å². The Hall–Kier alpha value is -2.29. The molecule has 1 aliphatic heterocycles. The van der Waals surface area contributed by atoms with Crippen molar-refractivity contribution in [2.24, 2.45) is 0 Å². The third-order valence-corrected chi connectivity index (χ3v) is 7.14. The van der Waals surface area contributed by atoms with E-state index < -0.39 is 10.0 Å². The summed E-state index contributed by atoms with van der Waals surface area (Å²) in [7, 11) is -1.68. The summed E-state index contributed by atoms with van der Waals surface area (Å²) in [4.78, 5) is 21.6. The first-order valence-corrected chi connectivity index (χ1v) is 11.9. The van der Waals surface area contributed by atoms with Crippen molar-refractivity contribution >= 4 is 15.9 Å². The number of pyridine rings is 1. The van der Waals surface area contributed by atoms with Gasteiger partial charge in [0, 0.05) is 63.1 Å². The number of benzene rings is 1. The number of hydrogen-bond acceptors (Lipinski definition) is 5. The highest BCUT2D eigenvalue weighted by Crippen LogP contribution is 2.19. The van der Waals surface area contributed by atoms with Gasteiger partial charge in [0.2, 0.25) is 10.0 Å². The van der Waals surface area contributed by atoms with E-state index in [2.05, 4.69) is 14.6 Å². The van der Waals surface area contributed by atoms with Gasteiger partial charge in [-0.2, -0.15) is 0 Å². The molecular weight excluding hydrogens is 400 g/mol. The first-order valence-electron chi connectivity index (χ1n) is 10.4. The lowest BCUT2D eigenvalue weighted by molar-refractivity contribution is 0.0643. The maximum Gasteiger partial charge on any atom is 0.253 e. The van der Waals surface area contributed by atoms with Gasteiger partial charge >= 0.3 is 0 Å². The summed E-state index contributed by atoms with van der Waals surface area (Å²) in [6, 6.07) is 12.3. The van der Waals surface area contributed by atoms with E-state index >= 15 is 0 Å². The minimum atomic E-state index is -3.51. The zero-order valence-corrected chi connectivity index (χ0v) is 18.4. The number of aromatic nitrogens is 1. The maximum atomic E-state index is 12.9.